The average molecular weight is 399 g/mol. The van der Waals surface area contributed by atoms with E-state index in [1.807, 2.05) is 36.4 Å². The van der Waals surface area contributed by atoms with Crippen LogP contribution in [0.4, 0.5) is 21.7 Å². The van der Waals surface area contributed by atoms with Crippen LogP contribution in [0.3, 0.4) is 0 Å². The summed E-state index contributed by atoms with van der Waals surface area (Å²) in [5.74, 6) is 0.225. The fraction of sp³-hybridized carbons (Fsp3) is 0.167. The molecule has 1 saturated heterocycles. The molecule has 2 heterocycles. The number of halogens is 1. The van der Waals surface area contributed by atoms with Gasteiger partial charge in [0.15, 0.2) is 0 Å². The van der Waals surface area contributed by atoms with Gasteiger partial charge in [-0.25, -0.2) is 14.4 Å². The number of benzene rings is 3. The van der Waals surface area contributed by atoms with Crippen LogP contribution in [0.5, 0.6) is 0 Å². The van der Waals surface area contributed by atoms with Crippen molar-refractivity contribution in [1.29, 1.82) is 0 Å². The second-order valence-electron chi connectivity index (χ2n) is 7.33. The zero-order valence-electron chi connectivity index (χ0n) is 16.5. The quantitative estimate of drug-likeness (QED) is 0.526. The van der Waals surface area contributed by atoms with Crippen LogP contribution < -0.4 is 15.5 Å². The molecule has 0 bridgehead atoms. The largest absolute Gasteiger partial charge is 0.369 e. The normalized spacial score (nSPS) is 14.1. The highest BCUT2D eigenvalue weighted by molar-refractivity contribution is 5.94. The summed E-state index contributed by atoms with van der Waals surface area (Å²) in [5.41, 5.74) is 4.13. The number of hydrogen-bond acceptors (Lipinski definition) is 5. The van der Waals surface area contributed by atoms with Gasteiger partial charge in [0.05, 0.1) is 5.52 Å². The van der Waals surface area contributed by atoms with E-state index in [-0.39, 0.29) is 5.82 Å². The number of hydrogen-bond donors (Lipinski definition) is 2. The van der Waals surface area contributed by atoms with Gasteiger partial charge in [-0.15, -0.1) is 0 Å². The van der Waals surface area contributed by atoms with Crippen LogP contribution in [-0.4, -0.2) is 36.1 Å². The molecule has 1 fully saturated rings. The summed E-state index contributed by atoms with van der Waals surface area (Å²) >= 11 is 0. The Bertz CT molecular complexity index is 1170. The third-order valence-corrected chi connectivity index (χ3v) is 5.38. The van der Waals surface area contributed by atoms with Crippen molar-refractivity contribution in [3.63, 3.8) is 0 Å². The number of nitrogens with zero attached hydrogens (tertiary/aromatic N) is 3. The fourth-order valence-corrected chi connectivity index (χ4v) is 3.82. The first-order chi connectivity index (χ1) is 14.8. The second kappa shape index (κ2) is 8.08. The van der Waals surface area contributed by atoms with Crippen LogP contribution in [0.2, 0.25) is 0 Å². The van der Waals surface area contributed by atoms with E-state index in [1.165, 1.54) is 11.8 Å². The molecule has 0 unspecified atom stereocenters. The molecule has 30 heavy (non-hydrogen) atoms. The van der Waals surface area contributed by atoms with E-state index in [9.17, 15) is 4.39 Å². The van der Waals surface area contributed by atoms with Crippen LogP contribution >= 0.6 is 0 Å². The van der Waals surface area contributed by atoms with E-state index in [1.54, 1.807) is 18.3 Å². The van der Waals surface area contributed by atoms with E-state index < -0.39 is 0 Å². The summed E-state index contributed by atoms with van der Waals surface area (Å²) in [7, 11) is 0. The fourth-order valence-electron chi connectivity index (χ4n) is 3.82. The maximum absolute atomic E-state index is 14.4. The highest BCUT2D eigenvalue weighted by atomic mass is 19.1. The molecule has 1 aliphatic rings. The summed E-state index contributed by atoms with van der Waals surface area (Å²) < 4.78 is 14.4. The van der Waals surface area contributed by atoms with Crippen LogP contribution in [0.25, 0.3) is 22.0 Å². The zero-order chi connectivity index (χ0) is 20.3. The second-order valence-corrected chi connectivity index (χ2v) is 7.33. The third kappa shape index (κ3) is 3.69. The summed E-state index contributed by atoms with van der Waals surface area (Å²) in [6.45, 7) is 4.04. The van der Waals surface area contributed by atoms with Crippen molar-refractivity contribution < 1.29 is 4.39 Å². The van der Waals surface area contributed by atoms with Gasteiger partial charge in [0.25, 0.3) is 0 Å². The first-order valence-electron chi connectivity index (χ1n) is 10.1. The molecule has 150 valence electrons. The minimum absolute atomic E-state index is 0.262. The Hall–Kier alpha value is -3.51. The Kier molecular flexibility index (Phi) is 4.99. The van der Waals surface area contributed by atoms with Crippen molar-refractivity contribution in [2.75, 3.05) is 36.4 Å². The molecule has 6 heteroatoms. The molecule has 1 aromatic heterocycles. The summed E-state index contributed by atoms with van der Waals surface area (Å²) in [5, 5.41) is 7.51. The summed E-state index contributed by atoms with van der Waals surface area (Å²) in [6, 6.07) is 20.8. The highest BCUT2D eigenvalue weighted by Gasteiger charge is 2.12. The van der Waals surface area contributed by atoms with Crippen molar-refractivity contribution >= 4 is 28.2 Å². The smallest absolute Gasteiger partial charge is 0.227 e. The minimum Gasteiger partial charge on any atom is -0.369 e. The van der Waals surface area contributed by atoms with Gasteiger partial charge < -0.3 is 15.5 Å². The standard InChI is InChI=1S/C24H22FN5/c25-22-7-2-1-5-20(22)21-6-3-4-17-16-27-24(29-23(17)21)28-18-8-10-19(11-9-18)30-14-12-26-13-15-30/h1-11,16,26H,12-15H2,(H,27,28,29). The highest BCUT2D eigenvalue weighted by Crippen LogP contribution is 2.30. The lowest BCUT2D eigenvalue weighted by Gasteiger charge is -2.29. The molecule has 4 aromatic rings. The van der Waals surface area contributed by atoms with Crippen molar-refractivity contribution in [1.82, 2.24) is 15.3 Å². The molecule has 0 amide bonds. The number of para-hydroxylation sites is 1. The molecule has 3 aromatic carbocycles. The molecule has 0 spiro atoms. The molecule has 0 radical (unpaired) electrons. The summed E-state index contributed by atoms with van der Waals surface area (Å²) in [6.07, 6.45) is 1.77. The lowest BCUT2D eigenvalue weighted by atomic mass is 10.0. The van der Waals surface area contributed by atoms with Crippen LogP contribution in [-0.2, 0) is 0 Å². The number of rotatable bonds is 4. The predicted octanol–water partition coefficient (Wildman–Crippen LogP) is 4.59. The maximum atomic E-state index is 14.4. The lowest BCUT2D eigenvalue weighted by molar-refractivity contribution is 0.589. The molecular weight excluding hydrogens is 377 g/mol. The van der Waals surface area contributed by atoms with E-state index in [0.29, 0.717) is 11.5 Å². The number of nitrogens with one attached hydrogen (secondary N) is 2. The molecule has 0 atom stereocenters. The van der Waals surface area contributed by atoms with Gasteiger partial charge >= 0.3 is 0 Å². The van der Waals surface area contributed by atoms with Gasteiger partial charge in [-0.1, -0.05) is 36.4 Å². The molecule has 5 nitrogen and oxygen atoms in total. The molecule has 0 aliphatic carbocycles. The first-order valence-corrected chi connectivity index (χ1v) is 10.1. The first kappa shape index (κ1) is 18.5. The third-order valence-electron chi connectivity index (χ3n) is 5.38. The van der Waals surface area contributed by atoms with Gasteiger partial charge in [0.2, 0.25) is 5.95 Å². The van der Waals surface area contributed by atoms with Gasteiger partial charge in [0, 0.05) is 60.3 Å². The van der Waals surface area contributed by atoms with E-state index in [4.69, 9.17) is 4.98 Å². The Morgan fingerprint density at radius 1 is 0.867 bits per heavy atom. The van der Waals surface area contributed by atoms with Gasteiger partial charge in [-0.05, 0) is 30.3 Å². The van der Waals surface area contributed by atoms with Crippen molar-refractivity contribution in [3.05, 3.63) is 78.7 Å². The van der Waals surface area contributed by atoms with Crippen LogP contribution in [0, 0.1) is 5.82 Å². The molecular formula is C24H22FN5. The number of piperazine rings is 1. The Labute approximate surface area is 174 Å². The lowest BCUT2D eigenvalue weighted by Crippen LogP contribution is -2.43. The van der Waals surface area contributed by atoms with Crippen molar-refractivity contribution in [2.24, 2.45) is 0 Å². The minimum atomic E-state index is -0.262. The van der Waals surface area contributed by atoms with E-state index in [2.05, 4.69) is 32.7 Å². The van der Waals surface area contributed by atoms with Gasteiger partial charge in [-0.3, -0.25) is 0 Å². The van der Waals surface area contributed by atoms with Crippen LogP contribution in [0.15, 0.2) is 72.9 Å². The Morgan fingerprint density at radius 3 is 2.43 bits per heavy atom. The Morgan fingerprint density at radius 2 is 1.63 bits per heavy atom. The maximum Gasteiger partial charge on any atom is 0.227 e. The van der Waals surface area contributed by atoms with Gasteiger partial charge in [0.1, 0.15) is 5.82 Å². The molecule has 0 saturated carbocycles. The SMILES string of the molecule is Fc1ccccc1-c1cccc2cnc(Nc3ccc(N4CCNCC4)cc3)nc12. The molecule has 1 aliphatic heterocycles. The van der Waals surface area contributed by atoms with E-state index >= 15 is 0 Å². The van der Waals surface area contributed by atoms with Crippen LogP contribution in [0.1, 0.15) is 0 Å². The molecule has 5 rings (SSSR count). The Balaban J connectivity index is 1.44. The van der Waals surface area contributed by atoms with Crippen molar-refractivity contribution in [2.45, 2.75) is 0 Å². The monoisotopic (exact) mass is 399 g/mol. The number of fused-ring (bicyclic) bond motifs is 1. The van der Waals surface area contributed by atoms with E-state index in [0.717, 1.165) is 48.3 Å². The topological polar surface area (TPSA) is 53.1 Å². The number of aromatic nitrogens is 2. The average Bonchev–Trinajstić information content (AvgIpc) is 2.80. The molecule has 2 N–H and O–H groups in total. The van der Waals surface area contributed by atoms with Crippen molar-refractivity contribution in [3.8, 4) is 11.1 Å². The zero-order valence-corrected chi connectivity index (χ0v) is 16.5. The predicted molar refractivity (Wildman–Crippen MR) is 120 cm³/mol. The van der Waals surface area contributed by atoms with Gasteiger partial charge in [-0.2, -0.15) is 0 Å². The summed E-state index contributed by atoms with van der Waals surface area (Å²) in [4.78, 5) is 11.5. The number of anilines is 3.